The second kappa shape index (κ2) is 5.96. The van der Waals surface area contributed by atoms with Crippen molar-refractivity contribution in [2.24, 2.45) is 0 Å². The number of nitrogens with one attached hydrogen (secondary N) is 1. The van der Waals surface area contributed by atoms with Crippen molar-refractivity contribution in [3.05, 3.63) is 57.0 Å². The topological polar surface area (TPSA) is 35.8 Å². The van der Waals surface area contributed by atoms with E-state index in [-0.39, 0.29) is 11.3 Å². The first kappa shape index (κ1) is 15.7. The van der Waals surface area contributed by atoms with Gasteiger partial charge in [0.2, 0.25) is 0 Å². The van der Waals surface area contributed by atoms with Gasteiger partial charge in [0.05, 0.1) is 27.5 Å². The highest BCUT2D eigenvalue weighted by Gasteiger charge is 2.31. The summed E-state index contributed by atoms with van der Waals surface area (Å²) in [6, 6.07) is 9.69. The van der Waals surface area contributed by atoms with E-state index in [1.807, 2.05) is 0 Å². The van der Waals surface area contributed by atoms with Crippen molar-refractivity contribution in [3.8, 4) is 6.07 Å². The number of hydrogen-bond acceptors (Lipinski definition) is 2. The molecule has 0 spiro atoms. The molecular formula is C14H7BrClF3N2. The lowest BCUT2D eigenvalue weighted by Crippen LogP contribution is -2.06. The van der Waals surface area contributed by atoms with Gasteiger partial charge < -0.3 is 5.32 Å². The van der Waals surface area contributed by atoms with Gasteiger partial charge in [-0.15, -0.1) is 0 Å². The van der Waals surface area contributed by atoms with Crippen LogP contribution in [0.1, 0.15) is 11.1 Å². The first-order chi connectivity index (χ1) is 9.81. The molecule has 108 valence electrons. The van der Waals surface area contributed by atoms with Gasteiger partial charge in [-0.3, -0.25) is 0 Å². The Labute approximate surface area is 132 Å². The van der Waals surface area contributed by atoms with Gasteiger partial charge in [0.1, 0.15) is 6.07 Å². The first-order valence-electron chi connectivity index (χ1n) is 5.64. The zero-order chi connectivity index (χ0) is 15.6. The van der Waals surface area contributed by atoms with Gasteiger partial charge in [-0.1, -0.05) is 27.5 Å². The van der Waals surface area contributed by atoms with Crippen molar-refractivity contribution in [1.29, 1.82) is 5.26 Å². The Morgan fingerprint density at radius 3 is 2.33 bits per heavy atom. The second-order valence-corrected chi connectivity index (χ2v) is 5.44. The summed E-state index contributed by atoms with van der Waals surface area (Å²) in [6.07, 6.45) is -4.49. The molecule has 0 saturated heterocycles. The van der Waals surface area contributed by atoms with Gasteiger partial charge in [-0.2, -0.15) is 18.4 Å². The Bertz CT molecular complexity index is 723. The van der Waals surface area contributed by atoms with E-state index in [0.717, 1.165) is 16.6 Å². The van der Waals surface area contributed by atoms with Crippen molar-refractivity contribution >= 4 is 38.9 Å². The van der Waals surface area contributed by atoms with E-state index in [2.05, 4.69) is 21.2 Å². The fourth-order valence-corrected chi connectivity index (χ4v) is 2.38. The van der Waals surface area contributed by atoms with E-state index < -0.39 is 11.7 Å². The predicted molar refractivity (Wildman–Crippen MR) is 78.6 cm³/mol. The average Bonchev–Trinajstić information content (AvgIpc) is 2.41. The Kier molecular flexibility index (Phi) is 4.45. The minimum Gasteiger partial charge on any atom is -0.353 e. The lowest BCUT2D eigenvalue weighted by Gasteiger charge is -2.12. The van der Waals surface area contributed by atoms with E-state index in [4.69, 9.17) is 16.9 Å². The van der Waals surface area contributed by atoms with E-state index in [1.165, 1.54) is 6.07 Å². The zero-order valence-corrected chi connectivity index (χ0v) is 12.6. The Morgan fingerprint density at radius 2 is 1.76 bits per heavy atom. The SMILES string of the molecule is N#Cc1cc(C(F)(F)F)ccc1Nc1ccc(Br)cc1Cl. The van der Waals surface area contributed by atoms with Crippen LogP contribution < -0.4 is 5.32 Å². The molecule has 2 aromatic rings. The summed E-state index contributed by atoms with van der Waals surface area (Å²) in [6.45, 7) is 0. The second-order valence-electron chi connectivity index (χ2n) is 4.12. The van der Waals surface area contributed by atoms with Gasteiger partial charge in [0.15, 0.2) is 0 Å². The Balaban J connectivity index is 2.39. The number of rotatable bonds is 2. The molecular weight excluding hydrogens is 369 g/mol. The molecule has 2 rings (SSSR count). The minimum atomic E-state index is -4.49. The molecule has 2 aromatic carbocycles. The average molecular weight is 376 g/mol. The number of alkyl halides is 3. The third kappa shape index (κ3) is 3.69. The smallest absolute Gasteiger partial charge is 0.353 e. The number of nitriles is 1. The van der Waals surface area contributed by atoms with E-state index >= 15 is 0 Å². The highest BCUT2D eigenvalue weighted by Crippen LogP contribution is 2.34. The summed E-state index contributed by atoms with van der Waals surface area (Å²) in [5.74, 6) is 0. The molecule has 2 nitrogen and oxygen atoms in total. The zero-order valence-electron chi connectivity index (χ0n) is 10.3. The van der Waals surface area contributed by atoms with Crippen LogP contribution in [0.3, 0.4) is 0 Å². The molecule has 7 heteroatoms. The monoisotopic (exact) mass is 374 g/mol. The fourth-order valence-electron chi connectivity index (χ4n) is 1.66. The van der Waals surface area contributed by atoms with Gasteiger partial charge in [0, 0.05) is 4.47 Å². The third-order valence-corrected chi connectivity index (χ3v) is 3.47. The molecule has 0 radical (unpaired) electrons. The molecule has 0 aliphatic heterocycles. The molecule has 0 unspecified atom stereocenters. The highest BCUT2D eigenvalue weighted by atomic mass is 79.9. The molecule has 0 heterocycles. The van der Waals surface area contributed by atoms with Crippen LogP contribution >= 0.6 is 27.5 Å². The molecule has 0 fully saturated rings. The number of nitrogens with zero attached hydrogens (tertiary/aromatic N) is 1. The largest absolute Gasteiger partial charge is 0.416 e. The van der Waals surface area contributed by atoms with Crippen molar-refractivity contribution in [2.45, 2.75) is 6.18 Å². The Morgan fingerprint density at radius 1 is 1.10 bits per heavy atom. The van der Waals surface area contributed by atoms with Gasteiger partial charge in [-0.25, -0.2) is 0 Å². The lowest BCUT2D eigenvalue weighted by molar-refractivity contribution is -0.137. The fraction of sp³-hybridized carbons (Fsp3) is 0.0714. The van der Waals surface area contributed by atoms with Gasteiger partial charge in [-0.05, 0) is 36.4 Å². The van der Waals surface area contributed by atoms with Crippen LogP contribution in [0.25, 0.3) is 0 Å². The molecule has 0 aromatic heterocycles. The van der Waals surface area contributed by atoms with Crippen molar-refractivity contribution in [3.63, 3.8) is 0 Å². The van der Waals surface area contributed by atoms with Crippen LogP contribution in [0, 0.1) is 11.3 Å². The van der Waals surface area contributed by atoms with Crippen LogP contribution in [0.2, 0.25) is 5.02 Å². The maximum absolute atomic E-state index is 12.6. The van der Waals surface area contributed by atoms with E-state index in [0.29, 0.717) is 10.7 Å². The summed E-state index contributed by atoms with van der Waals surface area (Å²) in [4.78, 5) is 0. The lowest BCUT2D eigenvalue weighted by atomic mass is 10.1. The van der Waals surface area contributed by atoms with E-state index in [9.17, 15) is 13.2 Å². The van der Waals surface area contributed by atoms with E-state index in [1.54, 1.807) is 24.3 Å². The first-order valence-corrected chi connectivity index (χ1v) is 6.82. The van der Waals surface area contributed by atoms with Crippen LogP contribution in [0.15, 0.2) is 40.9 Å². The normalized spacial score (nSPS) is 11.0. The summed E-state index contributed by atoms with van der Waals surface area (Å²) >= 11 is 9.28. The molecule has 0 bridgehead atoms. The van der Waals surface area contributed by atoms with Gasteiger partial charge in [0.25, 0.3) is 0 Å². The maximum Gasteiger partial charge on any atom is 0.416 e. The summed E-state index contributed by atoms with van der Waals surface area (Å²) in [5.41, 5.74) is -0.221. The number of anilines is 2. The van der Waals surface area contributed by atoms with Crippen molar-refractivity contribution in [1.82, 2.24) is 0 Å². The van der Waals surface area contributed by atoms with Crippen molar-refractivity contribution in [2.75, 3.05) is 5.32 Å². The molecule has 21 heavy (non-hydrogen) atoms. The van der Waals surface area contributed by atoms with Gasteiger partial charge >= 0.3 is 6.18 Å². The molecule has 0 saturated carbocycles. The maximum atomic E-state index is 12.6. The Hall–Kier alpha value is -1.71. The minimum absolute atomic E-state index is 0.108. The quantitative estimate of drug-likeness (QED) is 0.727. The number of hydrogen-bond donors (Lipinski definition) is 1. The van der Waals surface area contributed by atoms with Crippen LogP contribution in [-0.4, -0.2) is 0 Å². The molecule has 0 aliphatic rings. The van der Waals surface area contributed by atoms with Crippen LogP contribution in [0.5, 0.6) is 0 Å². The third-order valence-electron chi connectivity index (χ3n) is 2.67. The summed E-state index contributed by atoms with van der Waals surface area (Å²) in [7, 11) is 0. The molecule has 0 amide bonds. The molecule has 0 atom stereocenters. The summed E-state index contributed by atoms with van der Waals surface area (Å²) < 4.78 is 38.6. The predicted octanol–water partition coefficient (Wildman–Crippen LogP) is 5.74. The molecule has 0 aliphatic carbocycles. The summed E-state index contributed by atoms with van der Waals surface area (Å²) in [5, 5.41) is 12.2. The number of halogens is 5. The van der Waals surface area contributed by atoms with Crippen molar-refractivity contribution < 1.29 is 13.2 Å². The van der Waals surface area contributed by atoms with Crippen LogP contribution in [-0.2, 0) is 6.18 Å². The molecule has 1 N–H and O–H groups in total. The highest BCUT2D eigenvalue weighted by molar-refractivity contribution is 9.10. The van der Waals surface area contributed by atoms with Crippen LogP contribution in [0.4, 0.5) is 24.5 Å². The number of benzene rings is 2. The standard InChI is InChI=1S/C14H7BrClF3N2/c15-10-2-4-13(11(16)6-10)21-12-3-1-9(14(17,18)19)5-8(12)7-20/h1-6,21H.